The van der Waals surface area contributed by atoms with E-state index in [0.717, 1.165) is 16.9 Å². The van der Waals surface area contributed by atoms with E-state index in [2.05, 4.69) is 11.1 Å². The molecule has 10 heteroatoms. The topological polar surface area (TPSA) is 139 Å². The molecule has 4 rings (SSSR count). The lowest BCUT2D eigenvalue weighted by atomic mass is 9.72. The predicted octanol–water partition coefficient (Wildman–Crippen LogP) is 1.20. The Kier molecular flexibility index (Phi) is 7.59. The lowest BCUT2D eigenvalue weighted by Gasteiger charge is -2.40. The van der Waals surface area contributed by atoms with Crippen LogP contribution in [0.2, 0.25) is 0 Å². The van der Waals surface area contributed by atoms with Gasteiger partial charge in [0.2, 0.25) is 0 Å². The summed E-state index contributed by atoms with van der Waals surface area (Å²) >= 11 is 0. The first kappa shape index (κ1) is 26.7. The highest BCUT2D eigenvalue weighted by atomic mass is 16.5. The third-order valence-corrected chi connectivity index (χ3v) is 7.70. The van der Waals surface area contributed by atoms with Gasteiger partial charge in [-0.3, -0.25) is 4.79 Å². The largest absolute Gasteiger partial charge is 0.493 e. The summed E-state index contributed by atoms with van der Waals surface area (Å²) in [4.78, 5) is 20.6. The molecule has 10 nitrogen and oxygen atoms in total. The van der Waals surface area contributed by atoms with Gasteiger partial charge in [-0.1, -0.05) is 19.1 Å². The van der Waals surface area contributed by atoms with Gasteiger partial charge in [0.15, 0.2) is 17.6 Å². The van der Waals surface area contributed by atoms with Crippen LogP contribution in [0.25, 0.3) is 0 Å². The van der Waals surface area contributed by atoms with Crippen molar-refractivity contribution in [1.82, 2.24) is 9.88 Å². The lowest BCUT2D eigenvalue weighted by Crippen LogP contribution is -2.54. The van der Waals surface area contributed by atoms with E-state index in [1.165, 1.54) is 4.90 Å². The average molecular weight is 511 g/mol. The zero-order chi connectivity index (χ0) is 26.9. The van der Waals surface area contributed by atoms with Crippen LogP contribution in [0, 0.1) is 23.7 Å². The fourth-order valence-corrected chi connectivity index (χ4v) is 5.07. The molecule has 1 aromatic carbocycles. The van der Waals surface area contributed by atoms with Crippen molar-refractivity contribution < 1.29 is 29.6 Å². The SMILES string of the molecule is COc1ccc([C@@H]2CN(C(=O)[C@@H](O)CO)C[C@@]2(C)[C@@H](C)O)cc1OC1CN(c2ccc(C)c(C#N)n2)C1. The van der Waals surface area contributed by atoms with Gasteiger partial charge in [0, 0.05) is 24.4 Å². The zero-order valence-corrected chi connectivity index (χ0v) is 21.6. The van der Waals surface area contributed by atoms with Gasteiger partial charge in [0.25, 0.3) is 5.91 Å². The van der Waals surface area contributed by atoms with E-state index in [-0.39, 0.29) is 18.6 Å². The minimum atomic E-state index is -1.49. The number of nitrogens with zero attached hydrogens (tertiary/aromatic N) is 4. The number of nitriles is 1. The number of hydrogen-bond donors (Lipinski definition) is 3. The van der Waals surface area contributed by atoms with E-state index in [0.29, 0.717) is 36.8 Å². The second-order valence-corrected chi connectivity index (χ2v) is 10.2. The Morgan fingerprint density at radius 2 is 1.97 bits per heavy atom. The smallest absolute Gasteiger partial charge is 0.253 e. The summed E-state index contributed by atoms with van der Waals surface area (Å²) in [5, 5.41) is 39.0. The molecule has 0 bridgehead atoms. The van der Waals surface area contributed by atoms with Crippen LogP contribution in [0.1, 0.15) is 36.6 Å². The molecule has 0 saturated carbocycles. The molecule has 198 valence electrons. The van der Waals surface area contributed by atoms with Gasteiger partial charge >= 0.3 is 0 Å². The van der Waals surface area contributed by atoms with Gasteiger partial charge in [-0.05, 0) is 43.2 Å². The number of aliphatic hydroxyl groups excluding tert-OH is 3. The number of methoxy groups -OCH3 is 1. The van der Waals surface area contributed by atoms with E-state index < -0.39 is 30.1 Å². The maximum atomic E-state index is 12.6. The highest BCUT2D eigenvalue weighted by Gasteiger charge is 2.49. The molecular formula is C27H34N4O6. The van der Waals surface area contributed by atoms with Crippen LogP contribution in [-0.2, 0) is 4.79 Å². The third-order valence-electron chi connectivity index (χ3n) is 7.70. The number of pyridine rings is 1. The maximum Gasteiger partial charge on any atom is 0.253 e. The third kappa shape index (κ3) is 5.07. The molecule has 0 spiro atoms. The zero-order valence-electron chi connectivity index (χ0n) is 21.6. The van der Waals surface area contributed by atoms with Crippen molar-refractivity contribution in [1.29, 1.82) is 5.26 Å². The van der Waals surface area contributed by atoms with Crippen molar-refractivity contribution in [3.05, 3.63) is 47.2 Å². The second kappa shape index (κ2) is 10.5. The predicted molar refractivity (Wildman–Crippen MR) is 136 cm³/mol. The Balaban J connectivity index is 1.52. The van der Waals surface area contributed by atoms with Crippen LogP contribution >= 0.6 is 0 Å². The van der Waals surface area contributed by atoms with Gasteiger partial charge in [0.05, 0.1) is 32.9 Å². The Morgan fingerprint density at radius 1 is 1.24 bits per heavy atom. The number of amides is 1. The number of hydrogen-bond acceptors (Lipinski definition) is 9. The molecule has 2 aliphatic rings. The number of carbonyl (C=O) groups excluding carboxylic acids is 1. The van der Waals surface area contributed by atoms with Crippen molar-refractivity contribution >= 4 is 11.7 Å². The van der Waals surface area contributed by atoms with Crippen molar-refractivity contribution in [2.75, 3.05) is 44.8 Å². The van der Waals surface area contributed by atoms with Crippen molar-refractivity contribution in [2.45, 2.75) is 45.0 Å². The molecule has 2 saturated heterocycles. The van der Waals surface area contributed by atoms with Gasteiger partial charge < -0.3 is 34.6 Å². The Bertz CT molecular complexity index is 1190. The highest BCUT2D eigenvalue weighted by molar-refractivity contribution is 5.81. The van der Waals surface area contributed by atoms with Gasteiger partial charge in [-0.15, -0.1) is 0 Å². The molecule has 0 unspecified atom stereocenters. The minimum absolute atomic E-state index is 0.109. The van der Waals surface area contributed by atoms with E-state index >= 15 is 0 Å². The summed E-state index contributed by atoms with van der Waals surface area (Å²) in [6, 6.07) is 11.5. The standard InChI is InChI=1S/C27H34N4O6/c1-16-5-8-25(29-21(16)10-28)30-11-19(12-30)37-24-9-18(6-7-23(24)36-4)20-13-31(26(35)22(34)14-32)15-27(20,3)17(2)33/h5-9,17,19-20,22,32-34H,11-15H2,1-4H3/t17-,20+,22+,27+/m1/s1. The number of aromatic nitrogens is 1. The van der Waals surface area contributed by atoms with Crippen LogP contribution in [0.4, 0.5) is 5.82 Å². The van der Waals surface area contributed by atoms with Crippen molar-refractivity contribution in [3.63, 3.8) is 0 Å². The van der Waals surface area contributed by atoms with E-state index in [4.69, 9.17) is 9.47 Å². The average Bonchev–Trinajstić information content (AvgIpc) is 3.24. The van der Waals surface area contributed by atoms with Gasteiger partial charge in [0.1, 0.15) is 23.7 Å². The molecule has 2 fully saturated rings. The monoisotopic (exact) mass is 510 g/mol. The first-order valence-electron chi connectivity index (χ1n) is 12.3. The van der Waals surface area contributed by atoms with Crippen LogP contribution in [0.5, 0.6) is 11.5 Å². The normalized spacial score (nSPS) is 23.2. The summed E-state index contributed by atoms with van der Waals surface area (Å²) < 4.78 is 11.8. The molecule has 37 heavy (non-hydrogen) atoms. The number of aliphatic hydroxyl groups is 3. The maximum absolute atomic E-state index is 12.6. The van der Waals surface area contributed by atoms with Gasteiger partial charge in [-0.2, -0.15) is 5.26 Å². The molecule has 0 radical (unpaired) electrons. The second-order valence-electron chi connectivity index (χ2n) is 10.2. The number of benzene rings is 1. The fourth-order valence-electron chi connectivity index (χ4n) is 5.07. The Labute approximate surface area is 216 Å². The Morgan fingerprint density at radius 3 is 2.59 bits per heavy atom. The number of carbonyl (C=O) groups is 1. The van der Waals surface area contributed by atoms with E-state index in [1.807, 2.05) is 49.1 Å². The van der Waals surface area contributed by atoms with Gasteiger partial charge in [-0.25, -0.2) is 4.98 Å². The quantitative estimate of drug-likeness (QED) is 0.478. The van der Waals surface area contributed by atoms with E-state index in [9.17, 15) is 25.4 Å². The number of rotatable bonds is 8. The van der Waals surface area contributed by atoms with E-state index in [1.54, 1.807) is 14.0 Å². The molecule has 1 aromatic heterocycles. The molecule has 3 heterocycles. The Hall–Kier alpha value is -3.39. The summed E-state index contributed by atoms with van der Waals surface area (Å²) in [5.74, 6) is 1.08. The van der Waals surface area contributed by atoms with Crippen LogP contribution < -0.4 is 14.4 Å². The highest BCUT2D eigenvalue weighted by Crippen LogP contribution is 2.47. The van der Waals surface area contributed by atoms with Crippen molar-refractivity contribution in [3.8, 4) is 17.6 Å². The molecule has 2 aromatic rings. The molecular weight excluding hydrogens is 476 g/mol. The first-order valence-corrected chi connectivity index (χ1v) is 12.3. The molecule has 3 N–H and O–H groups in total. The molecule has 4 atom stereocenters. The number of ether oxygens (including phenoxy) is 2. The molecule has 2 aliphatic heterocycles. The van der Waals surface area contributed by atoms with Crippen molar-refractivity contribution in [2.24, 2.45) is 5.41 Å². The molecule has 1 amide bonds. The summed E-state index contributed by atoms with van der Waals surface area (Å²) in [6.07, 6.45) is -2.32. The lowest BCUT2D eigenvalue weighted by molar-refractivity contribution is -0.141. The summed E-state index contributed by atoms with van der Waals surface area (Å²) in [5.41, 5.74) is 1.46. The van der Waals surface area contributed by atoms with Crippen LogP contribution in [-0.4, -0.2) is 89.3 Å². The minimum Gasteiger partial charge on any atom is -0.493 e. The van der Waals surface area contributed by atoms with Crippen LogP contribution in [0.15, 0.2) is 30.3 Å². The number of likely N-dealkylation sites (tertiary alicyclic amines) is 1. The number of anilines is 1. The number of aryl methyl sites for hydroxylation is 1. The molecule has 0 aliphatic carbocycles. The first-order chi connectivity index (χ1) is 17.6. The summed E-state index contributed by atoms with van der Waals surface area (Å²) in [7, 11) is 1.57. The fraction of sp³-hybridized carbons (Fsp3) is 0.519. The van der Waals surface area contributed by atoms with Crippen LogP contribution in [0.3, 0.4) is 0 Å². The summed E-state index contributed by atoms with van der Waals surface area (Å²) in [6.45, 7) is 6.56.